The zero-order chi connectivity index (χ0) is 19.1. The van der Waals surface area contributed by atoms with E-state index in [9.17, 15) is 14.0 Å². The van der Waals surface area contributed by atoms with Gasteiger partial charge < -0.3 is 15.0 Å². The van der Waals surface area contributed by atoms with Gasteiger partial charge in [0, 0.05) is 37.3 Å². The molecule has 0 saturated carbocycles. The second-order valence-corrected chi connectivity index (χ2v) is 9.39. The maximum atomic E-state index is 13.8. The van der Waals surface area contributed by atoms with E-state index in [4.69, 9.17) is 4.74 Å². The van der Waals surface area contributed by atoms with Crippen LogP contribution in [0.1, 0.15) is 38.2 Å². The quantitative estimate of drug-likeness (QED) is 0.855. The van der Waals surface area contributed by atoms with Crippen LogP contribution in [0.4, 0.5) is 4.39 Å². The number of ether oxygens (including phenoxy) is 1. The van der Waals surface area contributed by atoms with Gasteiger partial charge in [-0.2, -0.15) is 0 Å². The van der Waals surface area contributed by atoms with Crippen molar-refractivity contribution in [1.29, 1.82) is 0 Å². The second-order valence-electron chi connectivity index (χ2n) is 7.89. The van der Waals surface area contributed by atoms with E-state index in [0.717, 1.165) is 24.8 Å². The Morgan fingerprint density at radius 1 is 1.37 bits per heavy atom. The van der Waals surface area contributed by atoms with Gasteiger partial charge in [0.25, 0.3) is 0 Å². The number of halogens is 1. The molecule has 7 heteroatoms. The Morgan fingerprint density at radius 2 is 2.15 bits per heavy atom. The Hall–Kier alpha value is -1.60. The first kappa shape index (κ1) is 18.7. The molecule has 1 aromatic rings. The highest BCUT2D eigenvalue weighted by Gasteiger charge is 2.53. The van der Waals surface area contributed by atoms with Crippen LogP contribution in [0.25, 0.3) is 0 Å². The van der Waals surface area contributed by atoms with Crippen molar-refractivity contribution in [3.05, 3.63) is 35.6 Å². The van der Waals surface area contributed by atoms with Crippen molar-refractivity contribution in [1.82, 2.24) is 10.2 Å². The van der Waals surface area contributed by atoms with Gasteiger partial charge in [-0.1, -0.05) is 12.1 Å². The summed E-state index contributed by atoms with van der Waals surface area (Å²) < 4.78 is 19.3. The first-order chi connectivity index (χ1) is 12.9. The number of carbonyl (C=O) groups excluding carboxylic acids is 2. The predicted octanol–water partition coefficient (Wildman–Crippen LogP) is 2.44. The van der Waals surface area contributed by atoms with Gasteiger partial charge in [-0.05, 0) is 43.9 Å². The van der Waals surface area contributed by atoms with Crippen LogP contribution in [0.2, 0.25) is 0 Å². The third-order valence-electron chi connectivity index (χ3n) is 6.24. The van der Waals surface area contributed by atoms with E-state index in [-0.39, 0.29) is 27.9 Å². The van der Waals surface area contributed by atoms with E-state index in [1.807, 2.05) is 13.0 Å². The molecule has 0 radical (unpaired) electrons. The molecule has 3 saturated heterocycles. The smallest absolute Gasteiger partial charge is 0.243 e. The topological polar surface area (TPSA) is 58.6 Å². The molecule has 3 fully saturated rings. The summed E-state index contributed by atoms with van der Waals surface area (Å²) in [6.07, 6.45) is 2.77. The molecule has 1 N–H and O–H groups in total. The fourth-order valence-electron chi connectivity index (χ4n) is 4.54. The first-order valence-corrected chi connectivity index (χ1v) is 10.5. The van der Waals surface area contributed by atoms with Crippen LogP contribution in [-0.4, -0.2) is 53.1 Å². The van der Waals surface area contributed by atoms with Crippen LogP contribution >= 0.6 is 11.8 Å². The molecule has 3 heterocycles. The molecule has 1 aromatic carbocycles. The molecule has 4 rings (SSSR count). The average Bonchev–Trinajstić information content (AvgIpc) is 3.16. The van der Waals surface area contributed by atoms with Crippen LogP contribution < -0.4 is 5.32 Å². The third-order valence-corrected chi connectivity index (χ3v) is 7.74. The largest absolute Gasteiger partial charge is 0.381 e. The van der Waals surface area contributed by atoms with Crippen LogP contribution in [0.3, 0.4) is 0 Å². The number of nitrogens with one attached hydrogen (secondary N) is 1. The maximum Gasteiger partial charge on any atom is 0.243 e. The molecule has 5 nitrogen and oxygen atoms in total. The Labute approximate surface area is 163 Å². The number of nitrogens with zero attached hydrogens (tertiary/aromatic N) is 1. The Kier molecular flexibility index (Phi) is 4.93. The minimum absolute atomic E-state index is 0.0635. The number of rotatable bonds is 4. The van der Waals surface area contributed by atoms with Crippen molar-refractivity contribution < 1.29 is 18.7 Å². The molecule has 0 aliphatic carbocycles. The fraction of sp³-hybridized carbons (Fsp3) is 0.600. The van der Waals surface area contributed by atoms with E-state index in [2.05, 4.69) is 5.32 Å². The zero-order valence-electron chi connectivity index (χ0n) is 15.5. The third kappa shape index (κ3) is 3.36. The van der Waals surface area contributed by atoms with Crippen molar-refractivity contribution in [2.24, 2.45) is 0 Å². The minimum atomic E-state index is -0.417. The molecule has 0 unspecified atom stereocenters. The molecular formula is C20H25FN2O3S. The van der Waals surface area contributed by atoms with Crippen molar-refractivity contribution in [2.45, 2.75) is 48.9 Å². The minimum Gasteiger partial charge on any atom is -0.381 e. The lowest BCUT2D eigenvalue weighted by atomic mass is 9.74. The van der Waals surface area contributed by atoms with Crippen LogP contribution in [-0.2, 0) is 19.7 Å². The average molecular weight is 392 g/mol. The number of benzene rings is 1. The van der Waals surface area contributed by atoms with E-state index in [1.54, 1.807) is 28.8 Å². The second kappa shape index (κ2) is 7.09. The molecule has 3 aliphatic heterocycles. The van der Waals surface area contributed by atoms with Crippen molar-refractivity contribution in [3.63, 3.8) is 0 Å². The van der Waals surface area contributed by atoms with Gasteiger partial charge in [-0.3, -0.25) is 9.59 Å². The molecule has 0 aromatic heterocycles. The molecule has 2 amide bonds. The summed E-state index contributed by atoms with van der Waals surface area (Å²) >= 11 is 1.69. The van der Waals surface area contributed by atoms with E-state index < -0.39 is 6.04 Å². The molecule has 0 spiro atoms. The predicted molar refractivity (Wildman–Crippen MR) is 102 cm³/mol. The standard InChI is InChI=1S/C20H25FN2O3S/c1-19-6-5-17(24)23(19)16(12-27-19)18(25)22-13-20(7-9-26-10-8-20)14-3-2-4-15(21)11-14/h2-4,11,16H,5-10,12-13H2,1H3,(H,22,25)/t16-,19+/m1/s1. The summed E-state index contributed by atoms with van der Waals surface area (Å²) in [5, 5.41) is 3.08. The van der Waals surface area contributed by atoms with Gasteiger partial charge in [-0.25, -0.2) is 4.39 Å². The number of hydrogen-bond acceptors (Lipinski definition) is 4. The van der Waals surface area contributed by atoms with Gasteiger partial charge in [0.05, 0.1) is 4.87 Å². The number of amides is 2. The number of hydrogen-bond donors (Lipinski definition) is 1. The summed E-state index contributed by atoms with van der Waals surface area (Å²) in [6.45, 7) is 3.66. The normalized spacial score (nSPS) is 29.6. The van der Waals surface area contributed by atoms with Crippen molar-refractivity contribution in [3.8, 4) is 0 Å². The van der Waals surface area contributed by atoms with Crippen LogP contribution in [0.15, 0.2) is 24.3 Å². The Morgan fingerprint density at radius 3 is 2.89 bits per heavy atom. The van der Waals surface area contributed by atoms with Gasteiger partial charge in [-0.15, -0.1) is 11.8 Å². The number of carbonyl (C=O) groups is 2. The van der Waals surface area contributed by atoms with Gasteiger partial charge in [0.2, 0.25) is 11.8 Å². The monoisotopic (exact) mass is 392 g/mol. The summed E-state index contributed by atoms with van der Waals surface area (Å²) in [5.41, 5.74) is 0.564. The fourth-order valence-corrected chi connectivity index (χ4v) is 5.97. The van der Waals surface area contributed by atoms with Gasteiger partial charge in [0.1, 0.15) is 11.9 Å². The molecule has 146 valence electrons. The van der Waals surface area contributed by atoms with Crippen LogP contribution in [0.5, 0.6) is 0 Å². The zero-order valence-corrected chi connectivity index (χ0v) is 16.3. The van der Waals surface area contributed by atoms with Gasteiger partial charge >= 0.3 is 0 Å². The van der Waals surface area contributed by atoms with E-state index >= 15 is 0 Å². The highest BCUT2D eigenvalue weighted by atomic mass is 32.2. The molecule has 2 atom stereocenters. The number of fused-ring (bicyclic) bond motifs is 1. The SMILES string of the molecule is C[C@]12CCC(=O)N1[C@@H](C(=O)NCC1(c3cccc(F)c3)CCOCC1)CS2. The lowest BCUT2D eigenvalue weighted by molar-refractivity contribution is -0.138. The van der Waals surface area contributed by atoms with Crippen molar-refractivity contribution in [2.75, 3.05) is 25.5 Å². The molecular weight excluding hydrogens is 367 g/mol. The molecule has 3 aliphatic rings. The molecule has 27 heavy (non-hydrogen) atoms. The van der Waals surface area contributed by atoms with E-state index in [1.165, 1.54) is 6.07 Å². The summed E-state index contributed by atoms with van der Waals surface area (Å²) in [4.78, 5) is 26.7. The Balaban J connectivity index is 1.50. The lowest BCUT2D eigenvalue weighted by Gasteiger charge is -2.38. The lowest BCUT2D eigenvalue weighted by Crippen LogP contribution is -2.53. The summed E-state index contributed by atoms with van der Waals surface area (Å²) in [6, 6.07) is 6.22. The Bertz CT molecular complexity index is 752. The van der Waals surface area contributed by atoms with E-state index in [0.29, 0.717) is 31.9 Å². The number of thioether (sulfide) groups is 1. The molecule has 0 bridgehead atoms. The maximum absolute atomic E-state index is 13.8. The highest BCUT2D eigenvalue weighted by Crippen LogP contribution is 2.47. The van der Waals surface area contributed by atoms with Crippen LogP contribution in [0, 0.1) is 5.82 Å². The summed E-state index contributed by atoms with van der Waals surface area (Å²) in [5.74, 6) is 0.317. The van der Waals surface area contributed by atoms with Crippen molar-refractivity contribution >= 4 is 23.6 Å². The highest BCUT2D eigenvalue weighted by molar-refractivity contribution is 8.01. The van der Waals surface area contributed by atoms with Gasteiger partial charge in [0.15, 0.2) is 0 Å². The first-order valence-electron chi connectivity index (χ1n) is 9.51. The summed E-state index contributed by atoms with van der Waals surface area (Å²) in [7, 11) is 0.